The SMILES string of the molecule is NNc1ncc(S(=O)(=O)Nc2nc3c(s2)CCC3)cc1Cl. The van der Waals surface area contributed by atoms with E-state index < -0.39 is 10.0 Å². The van der Waals surface area contributed by atoms with Gasteiger partial charge in [0.2, 0.25) is 0 Å². The number of thiazole rings is 1. The van der Waals surface area contributed by atoms with Gasteiger partial charge in [0.25, 0.3) is 10.0 Å². The van der Waals surface area contributed by atoms with E-state index in [1.54, 1.807) is 0 Å². The topological polar surface area (TPSA) is 110 Å². The van der Waals surface area contributed by atoms with Gasteiger partial charge in [0.15, 0.2) is 10.9 Å². The van der Waals surface area contributed by atoms with Gasteiger partial charge in [0.1, 0.15) is 4.90 Å². The summed E-state index contributed by atoms with van der Waals surface area (Å²) in [6, 6.07) is 1.29. The number of hydrazine groups is 1. The van der Waals surface area contributed by atoms with E-state index in [9.17, 15) is 8.42 Å². The molecule has 10 heteroatoms. The van der Waals surface area contributed by atoms with E-state index in [2.05, 4.69) is 20.1 Å². The Balaban J connectivity index is 1.87. The Bertz CT molecular complexity index is 768. The predicted molar refractivity (Wildman–Crippen MR) is 82.0 cm³/mol. The van der Waals surface area contributed by atoms with Crippen LogP contribution >= 0.6 is 22.9 Å². The average Bonchev–Trinajstić information content (AvgIpc) is 2.99. The summed E-state index contributed by atoms with van der Waals surface area (Å²) >= 11 is 7.26. The predicted octanol–water partition coefficient (Wildman–Crippen LogP) is 1.77. The molecule has 0 fully saturated rings. The molecule has 2 aromatic rings. The number of hydrogen-bond acceptors (Lipinski definition) is 7. The van der Waals surface area contributed by atoms with Crippen molar-refractivity contribution in [3.05, 3.63) is 27.9 Å². The number of nitrogens with two attached hydrogens (primary N) is 1. The molecule has 2 aromatic heterocycles. The third-order valence-electron chi connectivity index (χ3n) is 3.08. The molecule has 3 rings (SSSR count). The number of nitrogens with zero attached hydrogens (tertiary/aromatic N) is 2. The van der Waals surface area contributed by atoms with E-state index in [0.29, 0.717) is 5.13 Å². The van der Waals surface area contributed by atoms with Crippen LogP contribution in [-0.2, 0) is 22.9 Å². The number of nitrogen functional groups attached to an aromatic ring is 1. The fourth-order valence-corrected chi connectivity index (χ4v) is 4.62. The van der Waals surface area contributed by atoms with E-state index in [4.69, 9.17) is 17.4 Å². The van der Waals surface area contributed by atoms with Crippen LogP contribution in [0.15, 0.2) is 17.2 Å². The van der Waals surface area contributed by atoms with Crippen molar-refractivity contribution in [3.8, 4) is 0 Å². The van der Waals surface area contributed by atoms with Gasteiger partial charge >= 0.3 is 0 Å². The highest BCUT2D eigenvalue weighted by atomic mass is 35.5. The fourth-order valence-electron chi connectivity index (χ4n) is 2.08. The lowest BCUT2D eigenvalue weighted by atomic mass is 10.4. The zero-order valence-corrected chi connectivity index (χ0v) is 13.1. The van der Waals surface area contributed by atoms with Crippen molar-refractivity contribution in [1.29, 1.82) is 0 Å². The minimum atomic E-state index is -3.77. The lowest BCUT2D eigenvalue weighted by molar-refractivity contribution is 0.601. The van der Waals surface area contributed by atoms with Gasteiger partial charge in [-0.1, -0.05) is 11.6 Å². The first-order chi connectivity index (χ1) is 9.99. The van der Waals surface area contributed by atoms with Gasteiger partial charge in [-0.2, -0.15) is 0 Å². The maximum Gasteiger partial charge on any atom is 0.265 e. The van der Waals surface area contributed by atoms with Crippen LogP contribution in [-0.4, -0.2) is 18.4 Å². The van der Waals surface area contributed by atoms with Crippen molar-refractivity contribution in [3.63, 3.8) is 0 Å². The van der Waals surface area contributed by atoms with Gasteiger partial charge in [-0.25, -0.2) is 24.2 Å². The van der Waals surface area contributed by atoms with Crippen LogP contribution < -0.4 is 16.0 Å². The maximum absolute atomic E-state index is 12.3. The van der Waals surface area contributed by atoms with Gasteiger partial charge in [0, 0.05) is 11.1 Å². The highest BCUT2D eigenvalue weighted by Crippen LogP contribution is 2.32. The fraction of sp³-hybridized carbons (Fsp3) is 0.273. The lowest BCUT2D eigenvalue weighted by Crippen LogP contribution is -2.14. The number of pyridine rings is 1. The second kappa shape index (κ2) is 5.41. The third-order valence-corrected chi connectivity index (χ3v) is 5.88. The molecule has 7 nitrogen and oxygen atoms in total. The Morgan fingerprint density at radius 3 is 2.86 bits per heavy atom. The van der Waals surface area contributed by atoms with Crippen molar-refractivity contribution in [2.75, 3.05) is 10.1 Å². The molecule has 0 saturated heterocycles. The first-order valence-corrected chi connectivity index (χ1v) is 8.81. The van der Waals surface area contributed by atoms with Crippen molar-refractivity contribution in [2.24, 2.45) is 5.84 Å². The molecule has 1 aliphatic carbocycles. The van der Waals surface area contributed by atoms with Gasteiger partial charge in [-0.15, -0.1) is 11.3 Å². The van der Waals surface area contributed by atoms with E-state index in [-0.39, 0.29) is 15.7 Å². The van der Waals surface area contributed by atoms with Crippen LogP contribution in [0.3, 0.4) is 0 Å². The Hall–Kier alpha value is -1.42. The largest absolute Gasteiger partial charge is 0.307 e. The number of fused-ring (bicyclic) bond motifs is 1. The number of nitrogens with one attached hydrogen (secondary N) is 2. The Morgan fingerprint density at radius 2 is 2.19 bits per heavy atom. The van der Waals surface area contributed by atoms with Crippen molar-refractivity contribution < 1.29 is 8.42 Å². The summed E-state index contributed by atoms with van der Waals surface area (Å²) in [7, 11) is -3.77. The maximum atomic E-state index is 12.3. The van der Waals surface area contributed by atoms with Crippen molar-refractivity contribution in [2.45, 2.75) is 24.2 Å². The van der Waals surface area contributed by atoms with Gasteiger partial charge in [0.05, 0.1) is 10.7 Å². The third kappa shape index (κ3) is 2.82. The highest BCUT2D eigenvalue weighted by molar-refractivity contribution is 7.93. The molecule has 112 valence electrons. The molecule has 0 aromatic carbocycles. The quantitative estimate of drug-likeness (QED) is 0.575. The number of rotatable bonds is 4. The van der Waals surface area contributed by atoms with Crippen LogP contribution in [0, 0.1) is 0 Å². The summed E-state index contributed by atoms with van der Waals surface area (Å²) < 4.78 is 27.0. The second-order valence-corrected chi connectivity index (χ2v) is 7.67. The Morgan fingerprint density at radius 1 is 1.38 bits per heavy atom. The van der Waals surface area contributed by atoms with Crippen LogP contribution in [0.4, 0.5) is 10.9 Å². The molecule has 0 radical (unpaired) electrons. The van der Waals surface area contributed by atoms with Crippen LogP contribution in [0.2, 0.25) is 5.02 Å². The first kappa shape index (κ1) is 14.5. The van der Waals surface area contributed by atoms with E-state index >= 15 is 0 Å². The average molecular weight is 346 g/mol. The molecule has 4 N–H and O–H groups in total. The molecule has 21 heavy (non-hydrogen) atoms. The number of anilines is 2. The summed E-state index contributed by atoms with van der Waals surface area (Å²) in [5.41, 5.74) is 3.26. The number of aryl methyl sites for hydroxylation is 2. The van der Waals surface area contributed by atoms with Crippen molar-refractivity contribution >= 4 is 43.9 Å². The summed E-state index contributed by atoms with van der Waals surface area (Å²) in [5.74, 6) is 5.42. The lowest BCUT2D eigenvalue weighted by Gasteiger charge is -2.07. The molecule has 2 heterocycles. The van der Waals surface area contributed by atoms with Crippen LogP contribution in [0.25, 0.3) is 0 Å². The smallest absolute Gasteiger partial charge is 0.265 e. The van der Waals surface area contributed by atoms with Gasteiger partial charge in [-0.05, 0) is 25.3 Å². The van der Waals surface area contributed by atoms with Crippen molar-refractivity contribution in [1.82, 2.24) is 9.97 Å². The molecule has 0 aliphatic heterocycles. The van der Waals surface area contributed by atoms with E-state index in [0.717, 1.165) is 29.8 Å². The summed E-state index contributed by atoms with van der Waals surface area (Å²) in [4.78, 5) is 9.26. The molecule has 0 amide bonds. The second-order valence-electron chi connectivity index (χ2n) is 4.49. The molecule has 0 spiro atoms. The Labute approximate surface area is 130 Å². The summed E-state index contributed by atoms with van der Waals surface area (Å²) in [5, 5.41) is 0.499. The zero-order valence-electron chi connectivity index (χ0n) is 10.8. The van der Waals surface area contributed by atoms with Crippen LogP contribution in [0.1, 0.15) is 17.0 Å². The number of aromatic nitrogens is 2. The monoisotopic (exact) mass is 345 g/mol. The summed E-state index contributed by atoms with van der Waals surface area (Å²) in [6.07, 6.45) is 4.12. The number of hydrogen-bond donors (Lipinski definition) is 3. The van der Waals surface area contributed by atoms with E-state index in [1.807, 2.05) is 0 Å². The van der Waals surface area contributed by atoms with Gasteiger partial charge < -0.3 is 5.43 Å². The summed E-state index contributed by atoms with van der Waals surface area (Å²) in [6.45, 7) is 0. The Kier molecular flexibility index (Phi) is 3.74. The normalized spacial score (nSPS) is 14.0. The first-order valence-electron chi connectivity index (χ1n) is 6.13. The highest BCUT2D eigenvalue weighted by Gasteiger charge is 2.22. The molecule has 1 aliphatic rings. The molecular weight excluding hydrogens is 334 g/mol. The molecular formula is C11H12ClN5O2S2. The number of sulfonamides is 1. The number of halogens is 1. The van der Waals surface area contributed by atoms with Gasteiger partial charge in [-0.3, -0.25) is 4.72 Å². The zero-order chi connectivity index (χ0) is 15.0. The van der Waals surface area contributed by atoms with Crippen LogP contribution in [0.5, 0.6) is 0 Å². The van der Waals surface area contributed by atoms with E-state index in [1.165, 1.54) is 23.6 Å². The molecule has 0 atom stereocenters. The minimum absolute atomic E-state index is 0.0399. The standard InChI is InChI=1S/C11H12ClN5O2S2/c12-7-4-6(5-14-10(7)16-13)21(18,19)17-11-15-8-2-1-3-9(8)20-11/h4-5H,1-3,13H2,(H,14,16)(H,15,17). The minimum Gasteiger partial charge on any atom is -0.307 e. The molecule has 0 saturated carbocycles. The molecule has 0 bridgehead atoms. The molecule has 0 unspecified atom stereocenters.